The summed E-state index contributed by atoms with van der Waals surface area (Å²) < 4.78 is 88.2. The van der Waals surface area contributed by atoms with E-state index in [0.29, 0.717) is 68.7 Å². The van der Waals surface area contributed by atoms with Gasteiger partial charge in [0, 0.05) is 78.4 Å². The van der Waals surface area contributed by atoms with Crippen molar-refractivity contribution in [3.8, 4) is 0 Å². The molecule has 14 nitrogen and oxygen atoms in total. The summed E-state index contributed by atoms with van der Waals surface area (Å²) in [7, 11) is 4.41. The number of primary amides is 1. The van der Waals surface area contributed by atoms with Gasteiger partial charge >= 0.3 is 6.18 Å². The van der Waals surface area contributed by atoms with E-state index in [2.05, 4.69) is 5.32 Å². The molecule has 2 unspecified atom stereocenters. The van der Waals surface area contributed by atoms with Crippen LogP contribution in [0.2, 0.25) is 5.02 Å². The van der Waals surface area contributed by atoms with Crippen LogP contribution in [0.25, 0.3) is 5.57 Å². The maximum Gasteiger partial charge on any atom is 0.403 e. The molecule has 0 radical (unpaired) electrons. The molecule has 1 aromatic carbocycles. The van der Waals surface area contributed by atoms with Crippen LogP contribution in [0.5, 0.6) is 0 Å². The van der Waals surface area contributed by atoms with E-state index in [4.69, 9.17) is 17.3 Å². The predicted octanol–water partition coefficient (Wildman–Crippen LogP) is 6.31. The number of amides is 7. The molecule has 2 aliphatic carbocycles. The summed E-state index contributed by atoms with van der Waals surface area (Å²) in [5.74, 6) is -12.8. The van der Waals surface area contributed by atoms with Gasteiger partial charge in [-0.1, -0.05) is 63.3 Å². The molecule has 71 heavy (non-hydrogen) atoms. The van der Waals surface area contributed by atoms with Crippen molar-refractivity contribution >= 4 is 58.5 Å². The molecule has 3 N–H and O–H groups in total. The maximum absolute atomic E-state index is 15.7. The molecule has 6 rings (SSSR count). The first-order valence-electron chi connectivity index (χ1n) is 24.7. The summed E-state index contributed by atoms with van der Waals surface area (Å²) in [6.45, 7) is 5.31. The molecule has 0 bridgehead atoms. The molecular weight excluding hydrogens is 960 g/mol. The van der Waals surface area contributed by atoms with Crippen LogP contribution in [0.15, 0.2) is 24.3 Å². The minimum atomic E-state index is -5.52. The number of likely N-dealkylation sites (N-methyl/N-ethyl adjacent to an activating group) is 3. The number of benzene rings is 1. The Hall–Kier alpha value is -4.88. The first-order chi connectivity index (χ1) is 33.1. The number of nitrogens with two attached hydrogens (primary N) is 1. The van der Waals surface area contributed by atoms with Gasteiger partial charge in [-0.15, -0.1) is 0 Å². The lowest BCUT2D eigenvalue weighted by molar-refractivity contribution is -0.300. The smallest absolute Gasteiger partial charge is 0.368 e. The Kier molecular flexibility index (Phi) is 16.9. The molecule has 2 saturated heterocycles. The van der Waals surface area contributed by atoms with Gasteiger partial charge in [0.1, 0.15) is 29.8 Å². The summed E-state index contributed by atoms with van der Waals surface area (Å²) in [5, 5.41) is 3.25. The number of halogens is 7. The van der Waals surface area contributed by atoms with Gasteiger partial charge in [-0.25, -0.2) is 13.2 Å². The number of hydrogen-bond donors (Lipinski definition) is 2. The molecule has 1 aromatic rings. The monoisotopic (exact) mass is 1030 g/mol. The molecule has 3 aliphatic heterocycles. The molecule has 3 heterocycles. The zero-order valence-electron chi connectivity index (χ0n) is 41.4. The van der Waals surface area contributed by atoms with Crippen molar-refractivity contribution in [2.24, 2.45) is 28.9 Å². The molecule has 7 amide bonds. The van der Waals surface area contributed by atoms with Gasteiger partial charge in [0.25, 0.3) is 5.92 Å². The van der Waals surface area contributed by atoms with Crippen molar-refractivity contribution in [3.05, 3.63) is 40.4 Å². The number of nitrogens with one attached hydrogen (secondary N) is 1. The van der Waals surface area contributed by atoms with E-state index < -0.39 is 115 Å². The van der Waals surface area contributed by atoms with Gasteiger partial charge < -0.3 is 35.6 Å². The minimum absolute atomic E-state index is 0.0205. The third-order valence-corrected chi connectivity index (χ3v) is 15.6. The van der Waals surface area contributed by atoms with E-state index >= 15 is 9.18 Å². The average molecular weight is 1030 g/mol. The second kappa shape index (κ2) is 21.7. The summed E-state index contributed by atoms with van der Waals surface area (Å²) in [4.78, 5) is 105. The first-order valence-corrected chi connectivity index (χ1v) is 25.1. The van der Waals surface area contributed by atoms with Crippen LogP contribution in [0.3, 0.4) is 0 Å². The summed E-state index contributed by atoms with van der Waals surface area (Å²) in [5.41, 5.74) is 2.03. The van der Waals surface area contributed by atoms with Gasteiger partial charge in [-0.2, -0.15) is 13.2 Å². The molecule has 2 saturated carbocycles. The van der Waals surface area contributed by atoms with Crippen LogP contribution in [-0.2, 0) is 40.0 Å². The zero-order chi connectivity index (χ0) is 52.5. The van der Waals surface area contributed by atoms with Crippen LogP contribution in [-0.4, -0.2) is 155 Å². The minimum Gasteiger partial charge on any atom is -0.368 e. The standard InChI is InChI=1S/C50H68ClF6N7O7/c1-29(2)22-37-42(67)62(6)39(24-33-23-34(51)15-16-36(33)31-17-20-63(21-18-31)30(3)65)43(68)60(4)19-11-9-7-8-10-12-38(41(66)59-37)61(5)44(69)40(32-13-14-32)49(45(58)70)25-35(52)26-64(49)46(71)47(50(55,56)57)27-48(53,54)28-47/h15-17,23,29,32,35,37-40H,7-14,18-22,24-28H2,1-6H3,(H2,58,70)(H,59,66)/t35?,37-,38-,39-,40+,49?/m0/s1. The molecule has 21 heteroatoms. The molecule has 6 atom stereocenters. The number of carbonyl (C=O) groups is 7. The largest absolute Gasteiger partial charge is 0.403 e. The summed E-state index contributed by atoms with van der Waals surface area (Å²) in [6, 6.07) is 1.62. The van der Waals surface area contributed by atoms with Crippen LogP contribution in [0.1, 0.15) is 115 Å². The van der Waals surface area contributed by atoms with E-state index in [0.717, 1.165) is 16.0 Å². The highest BCUT2D eigenvalue weighted by Crippen LogP contribution is 2.62. The van der Waals surface area contributed by atoms with E-state index in [9.17, 15) is 50.7 Å². The van der Waals surface area contributed by atoms with Gasteiger partial charge in [0.05, 0.1) is 12.5 Å². The number of rotatable bonds is 11. The fourth-order valence-corrected chi connectivity index (χ4v) is 11.5. The van der Waals surface area contributed by atoms with Crippen molar-refractivity contribution in [2.75, 3.05) is 47.3 Å². The van der Waals surface area contributed by atoms with E-state index in [-0.39, 0.29) is 54.7 Å². The molecule has 4 fully saturated rings. The van der Waals surface area contributed by atoms with Crippen LogP contribution in [0.4, 0.5) is 26.3 Å². The van der Waals surface area contributed by atoms with E-state index in [1.54, 1.807) is 29.0 Å². The number of alkyl halides is 6. The number of hydrogen-bond acceptors (Lipinski definition) is 7. The van der Waals surface area contributed by atoms with Crippen molar-refractivity contribution < 1.29 is 59.9 Å². The van der Waals surface area contributed by atoms with Gasteiger partial charge in [-0.3, -0.25) is 33.6 Å². The Morgan fingerprint density at radius 3 is 2.17 bits per heavy atom. The molecule has 0 spiro atoms. The van der Waals surface area contributed by atoms with Crippen molar-refractivity contribution in [3.63, 3.8) is 0 Å². The Balaban J connectivity index is 1.34. The van der Waals surface area contributed by atoms with Crippen LogP contribution >= 0.6 is 11.6 Å². The maximum atomic E-state index is 15.7. The summed E-state index contributed by atoms with van der Waals surface area (Å²) in [6.07, 6.45) is -6.50. The Morgan fingerprint density at radius 1 is 0.958 bits per heavy atom. The van der Waals surface area contributed by atoms with Crippen LogP contribution in [0, 0.1) is 23.2 Å². The molecular formula is C50H68ClF6N7O7. The number of nitrogens with zero attached hydrogens (tertiary/aromatic N) is 5. The lowest BCUT2D eigenvalue weighted by Gasteiger charge is -2.51. The van der Waals surface area contributed by atoms with Crippen molar-refractivity contribution in [2.45, 2.75) is 153 Å². The Labute approximate surface area is 416 Å². The number of carbonyl (C=O) groups excluding carboxylic acids is 7. The van der Waals surface area contributed by atoms with E-state index in [1.807, 2.05) is 26.0 Å². The third-order valence-electron chi connectivity index (χ3n) is 15.4. The Bertz CT molecular complexity index is 2250. The summed E-state index contributed by atoms with van der Waals surface area (Å²) >= 11 is 6.57. The fraction of sp³-hybridized carbons (Fsp3) is 0.700. The SMILES string of the molecule is CC(=O)N1CC=C(c2ccc(Cl)cc2C[C@H]2C(=O)N(C)CCCCCCC[C@H](N(C)C(=O)[C@@H](C3CC3)C3(C(N)=O)CC(F)CN3C(=O)C3(C(F)(F)F)CC(F)(F)C3)C(=O)N[C@@H](CC(C)C)C(=O)N2C)CC1. The molecule has 5 aliphatic rings. The van der Waals surface area contributed by atoms with Crippen molar-refractivity contribution in [1.82, 2.24) is 29.8 Å². The fourth-order valence-electron chi connectivity index (χ4n) is 11.3. The molecule has 0 aromatic heterocycles. The van der Waals surface area contributed by atoms with Crippen molar-refractivity contribution in [1.29, 1.82) is 0 Å². The lowest BCUT2D eigenvalue weighted by Crippen LogP contribution is -2.70. The zero-order valence-corrected chi connectivity index (χ0v) is 42.2. The second-order valence-corrected chi connectivity index (χ2v) is 21.4. The normalized spacial score (nSPS) is 27.5. The third kappa shape index (κ3) is 11.7. The van der Waals surface area contributed by atoms with Gasteiger partial charge in [0.2, 0.25) is 41.4 Å². The number of likely N-dealkylation sites (tertiary alicyclic amines) is 1. The highest BCUT2D eigenvalue weighted by Gasteiger charge is 2.77. The first kappa shape index (κ1) is 55.4. The quantitative estimate of drug-likeness (QED) is 0.244. The Morgan fingerprint density at radius 2 is 1.61 bits per heavy atom. The average Bonchev–Trinajstić information content (AvgIpc) is 4.05. The van der Waals surface area contributed by atoms with E-state index in [1.165, 1.54) is 25.9 Å². The highest BCUT2D eigenvalue weighted by atomic mass is 35.5. The second-order valence-electron chi connectivity index (χ2n) is 21.0. The predicted molar refractivity (Wildman–Crippen MR) is 252 cm³/mol. The molecule has 394 valence electrons. The van der Waals surface area contributed by atoms with Gasteiger partial charge in [-0.05, 0) is 79.2 Å². The highest BCUT2D eigenvalue weighted by molar-refractivity contribution is 6.30. The van der Waals surface area contributed by atoms with Gasteiger partial charge in [0.15, 0.2) is 5.41 Å². The lowest BCUT2D eigenvalue weighted by atomic mass is 9.63. The topological polar surface area (TPSA) is 174 Å². The van der Waals surface area contributed by atoms with Crippen LogP contribution < -0.4 is 11.1 Å².